The van der Waals surface area contributed by atoms with Crippen molar-refractivity contribution in [1.29, 1.82) is 0 Å². The number of nitrogen functional groups attached to an aromatic ring is 1. The van der Waals surface area contributed by atoms with Crippen molar-refractivity contribution in [3.8, 4) is 0 Å². The van der Waals surface area contributed by atoms with Crippen molar-refractivity contribution in [1.82, 2.24) is 4.98 Å². The number of esters is 1. The zero-order valence-corrected chi connectivity index (χ0v) is 11.9. The Bertz CT molecular complexity index is 408. The number of hydrogen-bond acceptors (Lipinski definition) is 5. The van der Waals surface area contributed by atoms with E-state index in [-0.39, 0.29) is 5.97 Å². The Labute approximate surface area is 112 Å². The van der Waals surface area contributed by atoms with Crippen LogP contribution in [0.15, 0.2) is 17.3 Å². The summed E-state index contributed by atoms with van der Waals surface area (Å²) < 4.78 is 4.95. The van der Waals surface area contributed by atoms with Gasteiger partial charge in [0.2, 0.25) is 0 Å². The first-order valence-electron chi connectivity index (χ1n) is 6.10. The van der Waals surface area contributed by atoms with Gasteiger partial charge in [0.25, 0.3) is 0 Å². The maximum atomic E-state index is 11.7. The molecule has 0 spiro atoms. The molecule has 0 bridgehead atoms. The Morgan fingerprint density at radius 3 is 2.89 bits per heavy atom. The topological polar surface area (TPSA) is 65.2 Å². The molecule has 1 aromatic heterocycles. The number of thioether (sulfide) groups is 1. The summed E-state index contributed by atoms with van der Waals surface area (Å²) in [6.07, 6.45) is 2.63. The van der Waals surface area contributed by atoms with Crippen LogP contribution in [0.25, 0.3) is 0 Å². The highest BCUT2D eigenvalue weighted by Gasteiger charge is 2.12. The normalized spacial score (nSPS) is 10.7. The molecule has 0 amide bonds. The van der Waals surface area contributed by atoms with Crippen LogP contribution in [-0.2, 0) is 4.74 Å². The molecule has 0 aliphatic heterocycles. The Morgan fingerprint density at radius 2 is 2.28 bits per heavy atom. The molecule has 0 atom stereocenters. The third-order valence-corrected chi connectivity index (χ3v) is 3.31. The second-order valence-corrected chi connectivity index (χ2v) is 5.48. The van der Waals surface area contributed by atoms with E-state index in [1.807, 2.05) is 0 Å². The smallest absolute Gasteiger partial charge is 0.340 e. The first kappa shape index (κ1) is 14.8. The molecule has 5 heteroatoms. The Balaban J connectivity index is 2.71. The first-order chi connectivity index (χ1) is 8.54. The lowest BCUT2D eigenvalue weighted by Gasteiger charge is -2.08. The highest BCUT2D eigenvalue weighted by Crippen LogP contribution is 2.22. The zero-order valence-electron chi connectivity index (χ0n) is 11.1. The molecule has 1 rings (SSSR count). The van der Waals surface area contributed by atoms with E-state index in [9.17, 15) is 4.79 Å². The van der Waals surface area contributed by atoms with Crippen LogP contribution in [0.5, 0.6) is 0 Å². The van der Waals surface area contributed by atoms with E-state index >= 15 is 0 Å². The third kappa shape index (κ3) is 4.56. The van der Waals surface area contributed by atoms with Crippen LogP contribution in [0.2, 0.25) is 0 Å². The lowest BCUT2D eigenvalue weighted by atomic mass is 10.2. The van der Waals surface area contributed by atoms with Gasteiger partial charge in [-0.3, -0.25) is 0 Å². The monoisotopic (exact) mass is 268 g/mol. The average Bonchev–Trinajstić information content (AvgIpc) is 2.31. The summed E-state index contributed by atoms with van der Waals surface area (Å²) in [7, 11) is 0. The van der Waals surface area contributed by atoms with Gasteiger partial charge in [-0.2, -0.15) is 0 Å². The van der Waals surface area contributed by atoms with E-state index in [0.29, 0.717) is 23.8 Å². The minimum Gasteiger partial charge on any atom is -0.462 e. The summed E-state index contributed by atoms with van der Waals surface area (Å²) in [5, 5.41) is 0.813. The van der Waals surface area contributed by atoms with Crippen molar-refractivity contribution < 1.29 is 9.53 Å². The van der Waals surface area contributed by atoms with Crippen molar-refractivity contribution in [2.75, 3.05) is 18.1 Å². The van der Waals surface area contributed by atoms with Gasteiger partial charge in [0.05, 0.1) is 29.1 Å². The van der Waals surface area contributed by atoms with Crippen LogP contribution in [-0.4, -0.2) is 23.3 Å². The molecular weight excluding hydrogens is 248 g/mol. The maximum Gasteiger partial charge on any atom is 0.340 e. The van der Waals surface area contributed by atoms with Gasteiger partial charge >= 0.3 is 5.97 Å². The molecule has 0 saturated heterocycles. The van der Waals surface area contributed by atoms with E-state index in [2.05, 4.69) is 18.8 Å². The lowest BCUT2D eigenvalue weighted by molar-refractivity contribution is 0.0527. The second-order valence-electron chi connectivity index (χ2n) is 4.36. The number of nitrogens with two attached hydrogens (primary N) is 1. The Kier molecular flexibility index (Phi) is 5.98. The Hall–Kier alpha value is -1.23. The molecule has 4 nitrogen and oxygen atoms in total. The van der Waals surface area contributed by atoms with Crippen molar-refractivity contribution in [3.05, 3.63) is 17.8 Å². The third-order valence-electron chi connectivity index (χ3n) is 2.35. The average molecular weight is 268 g/mol. The highest BCUT2D eigenvalue weighted by molar-refractivity contribution is 7.99. The number of hydrogen-bond donors (Lipinski definition) is 1. The number of rotatable bonds is 6. The number of carbonyl (C=O) groups is 1. The van der Waals surface area contributed by atoms with E-state index in [0.717, 1.165) is 17.2 Å². The maximum absolute atomic E-state index is 11.7. The first-order valence-corrected chi connectivity index (χ1v) is 7.08. The summed E-state index contributed by atoms with van der Waals surface area (Å²) in [5.74, 6) is 1.26. The van der Waals surface area contributed by atoms with Gasteiger partial charge in [-0.15, -0.1) is 11.8 Å². The number of ether oxygens (including phenoxy) is 1. The van der Waals surface area contributed by atoms with Gasteiger partial charge in [-0.25, -0.2) is 9.78 Å². The molecule has 1 heterocycles. The van der Waals surface area contributed by atoms with Crippen molar-refractivity contribution >= 4 is 23.4 Å². The molecule has 18 heavy (non-hydrogen) atoms. The predicted octanol–water partition coefficient (Wildman–Crippen LogP) is 2.98. The van der Waals surface area contributed by atoms with Crippen LogP contribution in [0.3, 0.4) is 0 Å². The van der Waals surface area contributed by atoms with Crippen LogP contribution in [0.4, 0.5) is 5.69 Å². The summed E-state index contributed by atoms with van der Waals surface area (Å²) >= 11 is 1.63. The van der Waals surface area contributed by atoms with Gasteiger partial charge in [-0.05, 0) is 31.1 Å². The fourth-order valence-corrected chi connectivity index (χ4v) is 2.44. The van der Waals surface area contributed by atoms with Crippen LogP contribution < -0.4 is 5.73 Å². The summed E-state index contributed by atoms with van der Waals surface area (Å²) in [6.45, 7) is 6.48. The van der Waals surface area contributed by atoms with Gasteiger partial charge in [0.1, 0.15) is 0 Å². The number of nitrogens with zero attached hydrogens (tertiary/aromatic N) is 1. The minimum absolute atomic E-state index is 0.344. The SMILES string of the molecule is CCOC(=O)c1cc(SCCC(C)C)ncc1N. The fourth-order valence-electron chi connectivity index (χ4n) is 1.31. The molecule has 0 aliphatic carbocycles. The quantitative estimate of drug-likeness (QED) is 0.634. The van der Waals surface area contributed by atoms with Crippen molar-refractivity contribution in [3.63, 3.8) is 0 Å². The van der Waals surface area contributed by atoms with E-state index in [1.165, 1.54) is 6.20 Å². The van der Waals surface area contributed by atoms with Crippen molar-refractivity contribution in [2.24, 2.45) is 5.92 Å². The number of pyridine rings is 1. The molecule has 0 unspecified atom stereocenters. The van der Waals surface area contributed by atoms with Crippen LogP contribution in [0.1, 0.15) is 37.6 Å². The fraction of sp³-hybridized carbons (Fsp3) is 0.538. The van der Waals surface area contributed by atoms with E-state index in [4.69, 9.17) is 10.5 Å². The summed E-state index contributed by atoms with van der Waals surface area (Å²) in [6, 6.07) is 1.71. The molecule has 0 aliphatic rings. The molecule has 0 fully saturated rings. The molecule has 1 aromatic rings. The standard InChI is InChI=1S/C13H20N2O2S/c1-4-17-13(16)10-7-12(15-8-11(10)14)18-6-5-9(2)3/h7-9H,4-6,14H2,1-3H3. The predicted molar refractivity (Wildman–Crippen MR) is 74.8 cm³/mol. The number of anilines is 1. The second kappa shape index (κ2) is 7.26. The molecule has 2 N–H and O–H groups in total. The van der Waals surface area contributed by atoms with Gasteiger partial charge in [0.15, 0.2) is 0 Å². The molecule has 0 radical (unpaired) electrons. The summed E-state index contributed by atoms with van der Waals surface area (Å²) in [5.41, 5.74) is 6.49. The van der Waals surface area contributed by atoms with Gasteiger partial charge in [-0.1, -0.05) is 13.8 Å². The molecular formula is C13H20N2O2S. The van der Waals surface area contributed by atoms with Gasteiger partial charge in [0, 0.05) is 0 Å². The van der Waals surface area contributed by atoms with Crippen LogP contribution >= 0.6 is 11.8 Å². The van der Waals surface area contributed by atoms with E-state index in [1.54, 1.807) is 24.8 Å². The highest BCUT2D eigenvalue weighted by atomic mass is 32.2. The van der Waals surface area contributed by atoms with Gasteiger partial charge < -0.3 is 10.5 Å². The van der Waals surface area contributed by atoms with Crippen LogP contribution in [0, 0.1) is 5.92 Å². The molecule has 100 valence electrons. The van der Waals surface area contributed by atoms with E-state index < -0.39 is 0 Å². The number of carbonyl (C=O) groups excluding carboxylic acids is 1. The van der Waals surface area contributed by atoms with Crippen molar-refractivity contribution in [2.45, 2.75) is 32.2 Å². The minimum atomic E-state index is -0.386. The zero-order chi connectivity index (χ0) is 13.5. The summed E-state index contributed by atoms with van der Waals surface area (Å²) in [4.78, 5) is 15.9. The molecule has 0 saturated carbocycles. The Morgan fingerprint density at radius 1 is 1.56 bits per heavy atom. The lowest BCUT2D eigenvalue weighted by Crippen LogP contribution is -2.08. The molecule has 0 aromatic carbocycles. The largest absolute Gasteiger partial charge is 0.462 e. The number of aromatic nitrogens is 1.